The highest BCUT2D eigenvalue weighted by Crippen LogP contribution is 2.25. The first-order valence-corrected chi connectivity index (χ1v) is 10.3. The molecule has 0 bridgehead atoms. The molecule has 0 radical (unpaired) electrons. The van der Waals surface area contributed by atoms with E-state index in [-0.39, 0.29) is 18.0 Å². The van der Waals surface area contributed by atoms with Crippen molar-refractivity contribution in [3.8, 4) is 6.01 Å². The molecule has 1 saturated heterocycles. The minimum atomic E-state index is -0.635. The second kappa shape index (κ2) is 8.87. The predicted molar refractivity (Wildman–Crippen MR) is 106 cm³/mol. The SMILES string of the molecule is Cc1nc(OC(C)C(=O)NC2CCN(C3CCCCC3)CC2)nc(C)c1N. The molecule has 1 aromatic heterocycles. The summed E-state index contributed by atoms with van der Waals surface area (Å²) in [5, 5.41) is 3.13. The maximum Gasteiger partial charge on any atom is 0.317 e. The minimum absolute atomic E-state index is 0.109. The van der Waals surface area contributed by atoms with E-state index >= 15 is 0 Å². The number of carbonyl (C=O) groups is 1. The molecule has 27 heavy (non-hydrogen) atoms. The summed E-state index contributed by atoms with van der Waals surface area (Å²) in [5.74, 6) is -0.109. The summed E-state index contributed by atoms with van der Waals surface area (Å²) in [6, 6.07) is 1.18. The van der Waals surface area contributed by atoms with Gasteiger partial charge in [-0.15, -0.1) is 0 Å². The smallest absolute Gasteiger partial charge is 0.317 e. The lowest BCUT2D eigenvalue weighted by Crippen LogP contribution is -2.50. The van der Waals surface area contributed by atoms with Crippen LogP contribution in [-0.4, -0.2) is 52.1 Å². The number of ether oxygens (including phenoxy) is 1. The fourth-order valence-electron chi connectivity index (χ4n) is 4.13. The van der Waals surface area contributed by atoms with Crippen molar-refractivity contribution in [1.82, 2.24) is 20.2 Å². The Morgan fingerprint density at radius 1 is 1.11 bits per heavy atom. The van der Waals surface area contributed by atoms with Crippen LogP contribution in [0.4, 0.5) is 5.69 Å². The molecule has 3 N–H and O–H groups in total. The van der Waals surface area contributed by atoms with Crippen molar-refractivity contribution >= 4 is 11.6 Å². The van der Waals surface area contributed by atoms with Gasteiger partial charge < -0.3 is 20.7 Å². The van der Waals surface area contributed by atoms with Crippen molar-refractivity contribution in [2.75, 3.05) is 18.8 Å². The number of likely N-dealkylation sites (tertiary alicyclic amines) is 1. The van der Waals surface area contributed by atoms with Gasteiger partial charge in [0.2, 0.25) is 0 Å². The van der Waals surface area contributed by atoms with Crippen molar-refractivity contribution in [3.05, 3.63) is 11.4 Å². The lowest BCUT2D eigenvalue weighted by molar-refractivity contribution is -0.128. The first-order chi connectivity index (χ1) is 12.9. The summed E-state index contributed by atoms with van der Waals surface area (Å²) in [4.78, 5) is 23.6. The summed E-state index contributed by atoms with van der Waals surface area (Å²) in [7, 11) is 0. The Bertz CT molecular complexity index is 629. The molecule has 1 amide bonds. The molecule has 2 aliphatic rings. The number of nitrogen functional groups attached to an aromatic ring is 1. The molecule has 2 heterocycles. The number of hydrogen-bond acceptors (Lipinski definition) is 6. The molecule has 0 aromatic carbocycles. The van der Waals surface area contributed by atoms with E-state index in [4.69, 9.17) is 10.5 Å². The Kier molecular flexibility index (Phi) is 6.52. The molecule has 150 valence electrons. The maximum absolute atomic E-state index is 12.5. The fourth-order valence-corrected chi connectivity index (χ4v) is 4.13. The lowest BCUT2D eigenvalue weighted by Gasteiger charge is -2.39. The third-order valence-electron chi connectivity index (χ3n) is 5.92. The van der Waals surface area contributed by atoms with Crippen LogP contribution in [-0.2, 0) is 4.79 Å². The topological polar surface area (TPSA) is 93.4 Å². The van der Waals surface area contributed by atoms with Crippen LogP contribution in [0.15, 0.2) is 0 Å². The molecular weight excluding hydrogens is 342 g/mol. The van der Waals surface area contributed by atoms with Gasteiger partial charge in [-0.2, -0.15) is 9.97 Å². The molecule has 3 rings (SSSR count). The van der Waals surface area contributed by atoms with E-state index in [0.29, 0.717) is 17.1 Å². The Labute approximate surface area is 162 Å². The molecule has 0 spiro atoms. The van der Waals surface area contributed by atoms with Crippen LogP contribution in [0.5, 0.6) is 6.01 Å². The summed E-state index contributed by atoms with van der Waals surface area (Å²) in [6.07, 6.45) is 8.16. The van der Waals surface area contributed by atoms with Crippen LogP contribution in [0.1, 0.15) is 63.3 Å². The van der Waals surface area contributed by atoms with E-state index in [0.717, 1.165) is 32.0 Å². The van der Waals surface area contributed by atoms with Crippen molar-refractivity contribution < 1.29 is 9.53 Å². The summed E-state index contributed by atoms with van der Waals surface area (Å²) < 4.78 is 5.65. The first-order valence-electron chi connectivity index (χ1n) is 10.3. The van der Waals surface area contributed by atoms with Gasteiger partial charge in [0.1, 0.15) is 0 Å². The lowest BCUT2D eigenvalue weighted by atomic mass is 9.92. The third kappa shape index (κ3) is 5.09. The van der Waals surface area contributed by atoms with Crippen molar-refractivity contribution in [2.45, 2.75) is 83.9 Å². The van der Waals surface area contributed by atoms with Gasteiger partial charge in [0.25, 0.3) is 5.91 Å². The molecule has 7 heteroatoms. The highest BCUT2D eigenvalue weighted by molar-refractivity contribution is 5.80. The van der Waals surface area contributed by atoms with Crippen molar-refractivity contribution in [3.63, 3.8) is 0 Å². The van der Waals surface area contributed by atoms with Gasteiger partial charge in [-0.3, -0.25) is 4.79 Å². The predicted octanol–water partition coefficient (Wildman–Crippen LogP) is 2.36. The average molecular weight is 376 g/mol. The molecular formula is C20H33N5O2. The van der Waals surface area contributed by atoms with Crippen LogP contribution in [0.3, 0.4) is 0 Å². The van der Waals surface area contributed by atoms with Crippen LogP contribution in [0.2, 0.25) is 0 Å². The van der Waals surface area contributed by atoms with Crippen LogP contribution in [0.25, 0.3) is 0 Å². The molecule has 2 fully saturated rings. The van der Waals surface area contributed by atoms with E-state index in [1.807, 2.05) is 13.8 Å². The number of hydrogen-bond donors (Lipinski definition) is 2. The average Bonchev–Trinajstić information content (AvgIpc) is 2.67. The van der Waals surface area contributed by atoms with E-state index in [1.165, 1.54) is 32.1 Å². The van der Waals surface area contributed by atoms with Crippen LogP contribution >= 0.6 is 0 Å². The number of rotatable bonds is 5. The number of carbonyl (C=O) groups excluding carboxylic acids is 1. The first kappa shape index (κ1) is 19.9. The van der Waals surface area contributed by atoms with E-state index in [2.05, 4.69) is 20.2 Å². The number of nitrogens with one attached hydrogen (secondary N) is 1. The van der Waals surface area contributed by atoms with Crippen molar-refractivity contribution in [1.29, 1.82) is 0 Å². The summed E-state index contributed by atoms with van der Waals surface area (Å²) in [6.45, 7) is 7.49. The Balaban J connectivity index is 1.46. The Morgan fingerprint density at radius 2 is 1.70 bits per heavy atom. The van der Waals surface area contributed by atoms with Gasteiger partial charge in [0.05, 0.1) is 17.1 Å². The molecule has 1 aromatic rings. The van der Waals surface area contributed by atoms with Gasteiger partial charge in [-0.1, -0.05) is 19.3 Å². The van der Waals surface area contributed by atoms with Crippen LogP contribution in [0, 0.1) is 13.8 Å². The number of aryl methyl sites for hydroxylation is 2. The molecule has 1 aliphatic carbocycles. The molecule has 1 saturated carbocycles. The zero-order chi connectivity index (χ0) is 19.4. The molecule has 1 atom stereocenters. The highest BCUT2D eigenvalue weighted by Gasteiger charge is 2.28. The summed E-state index contributed by atoms with van der Waals surface area (Å²) in [5.41, 5.74) is 7.76. The van der Waals surface area contributed by atoms with Gasteiger partial charge in [-0.25, -0.2) is 0 Å². The summed E-state index contributed by atoms with van der Waals surface area (Å²) >= 11 is 0. The number of amides is 1. The number of nitrogens with zero attached hydrogens (tertiary/aromatic N) is 3. The largest absolute Gasteiger partial charge is 0.450 e. The normalized spacial score (nSPS) is 21.0. The van der Waals surface area contributed by atoms with Crippen molar-refractivity contribution in [2.24, 2.45) is 0 Å². The minimum Gasteiger partial charge on any atom is -0.450 e. The molecule has 7 nitrogen and oxygen atoms in total. The zero-order valence-electron chi connectivity index (χ0n) is 16.8. The van der Waals surface area contributed by atoms with Gasteiger partial charge in [0, 0.05) is 25.2 Å². The number of nitrogens with two attached hydrogens (primary N) is 1. The molecule has 1 unspecified atom stereocenters. The second-order valence-corrected chi connectivity index (χ2v) is 7.96. The van der Waals surface area contributed by atoms with E-state index in [9.17, 15) is 4.79 Å². The molecule has 1 aliphatic heterocycles. The number of aromatic nitrogens is 2. The standard InChI is InChI=1S/C20H33N5O2/c1-13-18(21)14(2)23-20(22-13)27-15(3)19(26)24-16-9-11-25(12-10-16)17-7-5-4-6-8-17/h15-17H,4-12,21H2,1-3H3,(H,24,26). The van der Waals surface area contributed by atoms with Gasteiger partial charge in [0.15, 0.2) is 6.10 Å². The number of anilines is 1. The Morgan fingerprint density at radius 3 is 2.30 bits per heavy atom. The zero-order valence-corrected chi connectivity index (χ0v) is 16.8. The highest BCUT2D eigenvalue weighted by atomic mass is 16.5. The Hall–Kier alpha value is -1.89. The van der Waals surface area contributed by atoms with Gasteiger partial charge in [-0.05, 0) is 46.5 Å². The van der Waals surface area contributed by atoms with E-state index < -0.39 is 6.10 Å². The second-order valence-electron chi connectivity index (χ2n) is 7.96. The van der Waals surface area contributed by atoms with Crippen LogP contribution < -0.4 is 15.8 Å². The van der Waals surface area contributed by atoms with E-state index in [1.54, 1.807) is 6.92 Å². The monoisotopic (exact) mass is 375 g/mol. The maximum atomic E-state index is 12.5. The van der Waals surface area contributed by atoms with Gasteiger partial charge >= 0.3 is 6.01 Å². The fraction of sp³-hybridized carbons (Fsp3) is 0.750. The number of piperidine rings is 1. The third-order valence-corrected chi connectivity index (χ3v) is 5.92. The quantitative estimate of drug-likeness (QED) is 0.821.